The Labute approximate surface area is 153 Å². The monoisotopic (exact) mass is 336 g/mol. The first-order valence-corrected chi connectivity index (χ1v) is 8.21. The summed E-state index contributed by atoms with van der Waals surface area (Å²) in [5.74, 6) is 0. The summed E-state index contributed by atoms with van der Waals surface area (Å²) in [5, 5.41) is 0. The molecule has 0 bridgehead atoms. The first kappa shape index (κ1) is 23.9. The summed E-state index contributed by atoms with van der Waals surface area (Å²) in [6, 6.07) is 0. The molecule has 0 heterocycles. The molecule has 0 spiro atoms. The van der Waals surface area contributed by atoms with Crippen molar-refractivity contribution < 1.29 is 26.5 Å². The first-order valence-electron chi connectivity index (χ1n) is 8.21. The molecule has 2 aliphatic rings. The Kier molecular flexibility index (Phi) is 20.3. The average molecular weight is 336 g/mol. The molecule has 0 fully saturated rings. The van der Waals surface area contributed by atoms with E-state index < -0.39 is 0 Å². The fourth-order valence-corrected chi connectivity index (χ4v) is 1.98. The topological polar surface area (TPSA) is 9.23 Å². The van der Waals surface area contributed by atoms with Crippen molar-refractivity contribution in [1.82, 2.24) is 0 Å². The molecule has 0 N–H and O–H groups in total. The van der Waals surface area contributed by atoms with Gasteiger partial charge in [-0.2, -0.15) is 12.2 Å². The predicted octanol–water partition coefficient (Wildman–Crippen LogP) is 5.99. The molecule has 122 valence electrons. The van der Waals surface area contributed by atoms with Gasteiger partial charge in [-0.25, -0.2) is 23.3 Å². The van der Waals surface area contributed by atoms with Crippen molar-refractivity contribution in [3.05, 3.63) is 47.6 Å². The summed E-state index contributed by atoms with van der Waals surface area (Å²) in [7, 11) is 3.25. The van der Waals surface area contributed by atoms with Gasteiger partial charge in [-0.1, -0.05) is 52.4 Å². The number of hydrogen-bond donors (Lipinski definition) is 0. The van der Waals surface area contributed by atoms with Crippen LogP contribution in [0.4, 0.5) is 0 Å². The van der Waals surface area contributed by atoms with E-state index >= 15 is 0 Å². The van der Waals surface area contributed by atoms with Gasteiger partial charge in [0, 0.05) is 14.2 Å². The van der Waals surface area contributed by atoms with Crippen LogP contribution in [-0.4, -0.2) is 14.2 Å². The number of unbranched alkanes of at least 4 members (excludes halogenated alkanes) is 2. The molecule has 0 aromatic heterocycles. The summed E-state index contributed by atoms with van der Waals surface area (Å²) in [6.45, 7) is 4.44. The van der Waals surface area contributed by atoms with E-state index in [0.29, 0.717) is 0 Å². The molecule has 0 amide bonds. The molecule has 0 aromatic carbocycles. The third kappa shape index (κ3) is 14.6. The third-order valence-electron chi connectivity index (χ3n) is 3.13. The van der Waals surface area contributed by atoms with Crippen LogP contribution in [0.2, 0.25) is 0 Å². The maximum atomic E-state index is 4.25. The molecule has 0 aromatic rings. The number of methoxy groups -OCH3 is 1. The van der Waals surface area contributed by atoms with Crippen LogP contribution in [0.1, 0.15) is 65.2 Å². The predicted molar refractivity (Wildman–Crippen MR) is 93.0 cm³/mol. The van der Waals surface area contributed by atoms with Crippen molar-refractivity contribution in [2.75, 3.05) is 14.2 Å². The zero-order valence-corrected chi connectivity index (χ0v) is 16.4. The summed E-state index contributed by atoms with van der Waals surface area (Å²) in [5.41, 5.74) is 2.83. The molecule has 0 saturated heterocycles. The van der Waals surface area contributed by atoms with Gasteiger partial charge in [-0.05, 0) is 0 Å². The molecule has 1 nitrogen and oxygen atoms in total. The van der Waals surface area contributed by atoms with Gasteiger partial charge in [0.1, 0.15) is 0 Å². The molecule has 2 heteroatoms. The summed E-state index contributed by atoms with van der Waals surface area (Å²) >= 11 is 0. The fraction of sp³-hybridized carbons (Fsp3) is 0.600. The number of allylic oxidation sites excluding steroid dienone is 8. The van der Waals surface area contributed by atoms with Crippen LogP contribution in [0.5, 0.6) is 0 Å². The van der Waals surface area contributed by atoms with E-state index in [1.807, 2.05) is 0 Å². The largest absolute Gasteiger partial charge is 2.00 e. The molecule has 0 radical (unpaired) electrons. The molecule has 22 heavy (non-hydrogen) atoms. The van der Waals surface area contributed by atoms with E-state index in [1.165, 1.54) is 49.7 Å². The van der Waals surface area contributed by atoms with Crippen molar-refractivity contribution in [1.29, 1.82) is 0 Å². The Morgan fingerprint density at radius 2 is 1.23 bits per heavy atom. The maximum Gasteiger partial charge on any atom is 2.00 e. The van der Waals surface area contributed by atoms with Gasteiger partial charge in [0.25, 0.3) is 0 Å². The van der Waals surface area contributed by atoms with Gasteiger partial charge in [0.2, 0.25) is 0 Å². The molecule has 0 atom stereocenters. The minimum Gasteiger partial charge on any atom is -0.388 e. The molecular formula is C20H32OTi. The van der Waals surface area contributed by atoms with E-state index in [4.69, 9.17) is 0 Å². The van der Waals surface area contributed by atoms with Crippen LogP contribution in [-0.2, 0) is 26.5 Å². The zero-order chi connectivity index (χ0) is 15.8. The maximum absolute atomic E-state index is 4.25. The van der Waals surface area contributed by atoms with Gasteiger partial charge < -0.3 is 4.74 Å². The molecule has 0 unspecified atom stereocenters. The first-order chi connectivity index (χ1) is 10.3. The van der Waals surface area contributed by atoms with Crippen molar-refractivity contribution in [2.45, 2.75) is 65.2 Å². The molecule has 2 rings (SSSR count). The summed E-state index contributed by atoms with van der Waals surface area (Å²) in [6.07, 6.45) is 25.1. The number of rotatable bonds is 6. The van der Waals surface area contributed by atoms with Crippen LogP contribution in [0.3, 0.4) is 0 Å². The Morgan fingerprint density at radius 1 is 0.864 bits per heavy atom. The molecule has 2 aliphatic carbocycles. The van der Waals surface area contributed by atoms with Crippen molar-refractivity contribution in [2.24, 2.45) is 0 Å². The molecule has 0 saturated carbocycles. The molecular weight excluding hydrogens is 304 g/mol. The quantitative estimate of drug-likeness (QED) is 0.427. The Bertz CT molecular complexity index is 317. The summed E-state index contributed by atoms with van der Waals surface area (Å²) in [4.78, 5) is 0. The van der Waals surface area contributed by atoms with Gasteiger partial charge in [0.15, 0.2) is 0 Å². The van der Waals surface area contributed by atoms with Crippen LogP contribution in [0.15, 0.2) is 35.5 Å². The third-order valence-corrected chi connectivity index (χ3v) is 3.13. The number of ether oxygens (including phenoxy) is 1. The van der Waals surface area contributed by atoms with Gasteiger partial charge in [-0.3, -0.25) is 12.2 Å². The van der Waals surface area contributed by atoms with Gasteiger partial charge in [-0.15, -0.1) is 12.8 Å². The Morgan fingerprint density at radius 3 is 1.45 bits per heavy atom. The smallest absolute Gasteiger partial charge is 0.388 e. The second-order valence-electron chi connectivity index (χ2n) is 5.23. The van der Waals surface area contributed by atoms with Crippen LogP contribution in [0.25, 0.3) is 0 Å². The van der Waals surface area contributed by atoms with E-state index in [1.54, 1.807) is 14.2 Å². The van der Waals surface area contributed by atoms with Crippen molar-refractivity contribution >= 4 is 0 Å². The number of hydrogen-bond acceptors (Lipinski definition) is 1. The van der Waals surface area contributed by atoms with Crippen molar-refractivity contribution in [3.8, 4) is 0 Å². The van der Waals surface area contributed by atoms with Crippen LogP contribution < -0.4 is 0 Å². The van der Waals surface area contributed by atoms with E-state index in [2.05, 4.69) is 55.0 Å². The van der Waals surface area contributed by atoms with Crippen LogP contribution in [0, 0.1) is 12.2 Å². The van der Waals surface area contributed by atoms with Gasteiger partial charge >= 0.3 is 21.7 Å². The van der Waals surface area contributed by atoms with Gasteiger partial charge in [0.05, 0.1) is 0 Å². The normalized spacial score (nSPS) is 14.2. The zero-order valence-electron chi connectivity index (χ0n) is 14.9. The average Bonchev–Trinajstić information content (AvgIpc) is 3.18. The molecule has 0 aliphatic heterocycles. The SMILES string of the molecule is CCCCC1=[C-]CC=C1.CCCCC1=[C-]CC=C1.COC.[Ti+2]. The fourth-order valence-electron chi connectivity index (χ4n) is 1.98. The Hall–Kier alpha value is -0.366. The van der Waals surface area contributed by atoms with Crippen LogP contribution >= 0.6 is 0 Å². The standard InChI is InChI=1S/2C9H13.C2H6O.Ti/c2*1-2-3-6-9-7-4-5-8-9;1-3-2;/h2*4,7H,2-3,5-6H2,1H3;1-2H3;/q2*-1;;+2. The van der Waals surface area contributed by atoms with E-state index in [9.17, 15) is 0 Å². The summed E-state index contributed by atoms with van der Waals surface area (Å²) < 4.78 is 4.25. The minimum absolute atomic E-state index is 0. The van der Waals surface area contributed by atoms with E-state index in [-0.39, 0.29) is 21.7 Å². The second kappa shape index (κ2) is 18.7. The Balaban J connectivity index is 0. The van der Waals surface area contributed by atoms with E-state index in [0.717, 1.165) is 12.8 Å². The minimum atomic E-state index is 0. The second-order valence-corrected chi connectivity index (χ2v) is 5.23. The van der Waals surface area contributed by atoms with Crippen molar-refractivity contribution in [3.63, 3.8) is 0 Å².